The molecular weight excluding hydrogens is 372 g/mol. The number of hydrogen-bond donors (Lipinski definition) is 6. The fourth-order valence-corrected chi connectivity index (χ4v) is 4.85. The van der Waals surface area contributed by atoms with Crippen LogP contribution in [0.2, 0.25) is 0 Å². The number of carbonyl (C=O) groups is 2. The van der Waals surface area contributed by atoms with Crippen molar-refractivity contribution in [1.82, 2.24) is 4.90 Å². The van der Waals surface area contributed by atoms with E-state index in [4.69, 9.17) is 14.9 Å². The molecule has 6 N–H and O–H groups in total. The third-order valence-electron chi connectivity index (χ3n) is 3.61. The summed E-state index contributed by atoms with van der Waals surface area (Å²) in [5.74, 6) is -6.05. The van der Waals surface area contributed by atoms with Crippen molar-refractivity contribution >= 4 is 27.1 Å². The topological polar surface area (TPSA) is 202 Å². The molecule has 0 saturated carbocycles. The quantitative estimate of drug-likeness (QED) is 0.254. The van der Waals surface area contributed by atoms with Gasteiger partial charge in [0.2, 0.25) is 0 Å². The van der Waals surface area contributed by atoms with Gasteiger partial charge in [-0.2, -0.15) is 0 Å². The Morgan fingerprint density at radius 3 is 1.58 bits per heavy atom. The van der Waals surface area contributed by atoms with Gasteiger partial charge < -0.3 is 34.5 Å². The molecule has 1 aliphatic rings. The first kappa shape index (κ1) is 21.2. The summed E-state index contributed by atoms with van der Waals surface area (Å²) in [7, 11) is -10.8. The van der Waals surface area contributed by atoms with Gasteiger partial charge in [0, 0.05) is 25.6 Å². The summed E-state index contributed by atoms with van der Waals surface area (Å²) < 4.78 is 28.1. The predicted octanol–water partition coefficient (Wildman–Crippen LogP) is -1.80. The van der Waals surface area contributed by atoms with Crippen LogP contribution in [0.3, 0.4) is 0 Å². The zero-order chi connectivity index (χ0) is 18.7. The molecule has 2 unspecified atom stereocenters. The maximum absolute atomic E-state index is 11.5. The average molecular weight is 391 g/mol. The summed E-state index contributed by atoms with van der Waals surface area (Å²) in [4.78, 5) is 61.2. The molecule has 1 heterocycles. The summed E-state index contributed by atoms with van der Waals surface area (Å²) in [6.07, 6.45) is 0. The van der Waals surface area contributed by atoms with Crippen LogP contribution in [0, 0.1) is 5.92 Å². The second-order valence-electron chi connectivity index (χ2n) is 5.32. The summed E-state index contributed by atoms with van der Waals surface area (Å²) in [6, 6.07) is 0. The fraction of sp³-hybridized carbons (Fsp3) is 0.800. The van der Waals surface area contributed by atoms with Crippen molar-refractivity contribution in [2.75, 3.05) is 32.8 Å². The van der Waals surface area contributed by atoms with Crippen LogP contribution >= 0.6 is 15.2 Å². The zero-order valence-electron chi connectivity index (χ0n) is 12.3. The monoisotopic (exact) mass is 391 g/mol. The second-order valence-corrected chi connectivity index (χ2v) is 8.79. The number of rotatable bonds is 8. The molecule has 0 spiro atoms. The van der Waals surface area contributed by atoms with Crippen LogP contribution in [-0.4, -0.2) is 90.8 Å². The van der Waals surface area contributed by atoms with E-state index < -0.39 is 50.9 Å². The zero-order valence-corrected chi connectivity index (χ0v) is 14.1. The largest absolute Gasteiger partial charge is 0.481 e. The minimum Gasteiger partial charge on any atom is -0.481 e. The van der Waals surface area contributed by atoms with Crippen molar-refractivity contribution in [3.8, 4) is 0 Å². The molecule has 0 radical (unpaired) electrons. The first-order valence-electron chi connectivity index (χ1n) is 6.72. The highest BCUT2D eigenvalue weighted by Gasteiger charge is 2.54. The lowest BCUT2D eigenvalue weighted by Crippen LogP contribution is -2.49. The van der Waals surface area contributed by atoms with Gasteiger partial charge >= 0.3 is 27.1 Å². The Labute approximate surface area is 136 Å². The fourth-order valence-electron chi connectivity index (χ4n) is 2.61. The van der Waals surface area contributed by atoms with Gasteiger partial charge in [0.15, 0.2) is 11.3 Å². The van der Waals surface area contributed by atoms with E-state index >= 15 is 0 Å². The molecule has 0 aromatic heterocycles. The number of ether oxygens (including phenoxy) is 1. The van der Waals surface area contributed by atoms with Crippen molar-refractivity contribution in [2.45, 2.75) is 11.3 Å². The molecule has 1 fully saturated rings. The van der Waals surface area contributed by atoms with E-state index in [9.17, 15) is 38.3 Å². The first-order valence-corrected chi connectivity index (χ1v) is 10.1. The smallest absolute Gasteiger partial charge is 0.340 e. The Hall–Kier alpha value is -0.840. The Morgan fingerprint density at radius 2 is 1.29 bits per heavy atom. The van der Waals surface area contributed by atoms with E-state index in [1.165, 1.54) is 4.90 Å². The molecule has 0 amide bonds. The van der Waals surface area contributed by atoms with E-state index in [2.05, 4.69) is 0 Å². The van der Waals surface area contributed by atoms with Gasteiger partial charge in [-0.25, -0.2) is 0 Å². The van der Waals surface area contributed by atoms with Gasteiger partial charge in [0.25, 0.3) is 0 Å². The lowest BCUT2D eigenvalue weighted by atomic mass is 9.99. The van der Waals surface area contributed by atoms with E-state index in [1.54, 1.807) is 0 Å². The first-order chi connectivity index (χ1) is 10.9. The second kappa shape index (κ2) is 8.03. The molecule has 1 rings (SSSR count). The predicted molar refractivity (Wildman–Crippen MR) is 77.7 cm³/mol. The highest BCUT2D eigenvalue weighted by molar-refractivity contribution is 7.55. The van der Waals surface area contributed by atoms with Crippen molar-refractivity contribution in [3.63, 3.8) is 0 Å². The normalized spacial score (nSPS) is 21.0. The molecule has 24 heavy (non-hydrogen) atoms. The Kier molecular flexibility index (Phi) is 7.09. The number of morpholine rings is 1. The molecule has 140 valence electrons. The lowest BCUT2D eigenvalue weighted by molar-refractivity contribution is -0.140. The van der Waals surface area contributed by atoms with Gasteiger partial charge in [-0.05, 0) is 0 Å². The molecule has 0 aliphatic carbocycles. The minimum atomic E-state index is -5.38. The maximum Gasteiger partial charge on any atom is 0.340 e. The molecule has 1 aliphatic heterocycles. The van der Waals surface area contributed by atoms with Crippen LogP contribution in [0.15, 0.2) is 0 Å². The summed E-state index contributed by atoms with van der Waals surface area (Å²) in [5.41, 5.74) is -5.12. The van der Waals surface area contributed by atoms with E-state index in [0.29, 0.717) is 0 Å². The molecule has 0 bridgehead atoms. The number of nitrogens with zero attached hydrogens (tertiary/aromatic N) is 1. The summed E-state index contributed by atoms with van der Waals surface area (Å²) >= 11 is 0. The summed E-state index contributed by atoms with van der Waals surface area (Å²) in [6.45, 7) is 0.324. The van der Waals surface area contributed by atoms with Crippen molar-refractivity contribution in [1.29, 1.82) is 0 Å². The Balaban J connectivity index is 3.32. The number of aliphatic carboxylic acids is 2. The molecule has 0 aromatic rings. The van der Waals surface area contributed by atoms with Crippen LogP contribution in [-0.2, 0) is 23.5 Å². The lowest BCUT2D eigenvalue weighted by Gasteiger charge is -2.35. The van der Waals surface area contributed by atoms with Gasteiger partial charge in [-0.3, -0.25) is 23.6 Å². The van der Waals surface area contributed by atoms with E-state index in [1.807, 2.05) is 0 Å². The Bertz CT molecular complexity index is 523. The van der Waals surface area contributed by atoms with Crippen LogP contribution in [0.5, 0.6) is 0 Å². The van der Waals surface area contributed by atoms with Gasteiger partial charge in [-0.15, -0.1) is 0 Å². The van der Waals surface area contributed by atoms with E-state index in [-0.39, 0.29) is 26.3 Å². The van der Waals surface area contributed by atoms with Crippen molar-refractivity contribution in [2.24, 2.45) is 5.92 Å². The number of hydrogen-bond acceptors (Lipinski definition) is 6. The standard InChI is InChI=1S/C10H19NO11P2/c12-9(13)7(23(16,17)18)6(5-11-1-3-22-4-2-11)8(10(14)15)24(19,20)21/h6-8H,1-5H2,(H,12,13)(H,14,15)(H2,16,17,18)(H2,19,20,21). The number of carboxylic acid groups (broad SMARTS) is 2. The SMILES string of the molecule is O=C(O)C(C(CN1CCOCC1)C(C(=O)O)P(=O)(O)O)P(=O)(O)O. The maximum atomic E-state index is 11.5. The molecule has 14 heteroatoms. The summed E-state index contributed by atoms with van der Waals surface area (Å²) in [5, 5.41) is 18.2. The van der Waals surface area contributed by atoms with Crippen molar-refractivity contribution < 1.29 is 53.2 Å². The average Bonchev–Trinajstić information content (AvgIpc) is 2.35. The third kappa shape index (κ3) is 5.61. The molecule has 1 saturated heterocycles. The van der Waals surface area contributed by atoms with Crippen LogP contribution < -0.4 is 0 Å². The molecule has 2 atom stereocenters. The Morgan fingerprint density at radius 1 is 0.917 bits per heavy atom. The molecule has 12 nitrogen and oxygen atoms in total. The van der Waals surface area contributed by atoms with E-state index in [0.717, 1.165) is 0 Å². The van der Waals surface area contributed by atoms with Gasteiger partial charge in [0.1, 0.15) is 0 Å². The van der Waals surface area contributed by atoms with Gasteiger partial charge in [-0.1, -0.05) is 0 Å². The minimum absolute atomic E-state index is 0.206. The van der Waals surface area contributed by atoms with Crippen molar-refractivity contribution in [3.05, 3.63) is 0 Å². The highest BCUT2D eigenvalue weighted by atomic mass is 31.2. The highest BCUT2D eigenvalue weighted by Crippen LogP contribution is 2.53. The van der Waals surface area contributed by atoms with Crippen LogP contribution in [0.25, 0.3) is 0 Å². The van der Waals surface area contributed by atoms with Gasteiger partial charge in [0.05, 0.1) is 13.2 Å². The molecule has 0 aromatic carbocycles. The van der Waals surface area contributed by atoms with Crippen LogP contribution in [0.4, 0.5) is 0 Å². The molecular formula is C10H19NO11P2. The van der Waals surface area contributed by atoms with Crippen LogP contribution in [0.1, 0.15) is 0 Å². The number of carboxylic acids is 2. The third-order valence-corrected chi connectivity index (χ3v) is 6.27.